The van der Waals surface area contributed by atoms with Crippen LogP contribution in [-0.4, -0.2) is 15.5 Å². The van der Waals surface area contributed by atoms with Gasteiger partial charge in [0.1, 0.15) is 0 Å². The Balaban J connectivity index is 2.07. The molecule has 3 rings (SSSR count). The smallest absolute Gasteiger partial charge is 0.0795 e. The van der Waals surface area contributed by atoms with E-state index in [1.807, 2.05) is 11.8 Å². The van der Waals surface area contributed by atoms with Gasteiger partial charge >= 0.3 is 0 Å². The molecule has 76 valence electrons. The summed E-state index contributed by atoms with van der Waals surface area (Å²) < 4.78 is 2.25. The number of rotatable bonds is 2. The average molecular weight is 209 g/mol. The van der Waals surface area contributed by atoms with E-state index in [4.69, 9.17) is 5.73 Å². The van der Waals surface area contributed by atoms with Gasteiger partial charge < -0.3 is 5.73 Å². The second kappa shape index (κ2) is 3.28. The van der Waals surface area contributed by atoms with Crippen molar-refractivity contribution in [2.45, 2.75) is 37.6 Å². The fraction of sp³-hybridized carbons (Fsp3) is 0.700. The Morgan fingerprint density at radius 3 is 3.07 bits per heavy atom. The topological polar surface area (TPSA) is 43.8 Å². The zero-order valence-electron chi connectivity index (χ0n) is 8.20. The molecule has 1 aromatic rings. The first-order chi connectivity index (χ1) is 6.90. The molecule has 0 amide bonds. The molecule has 1 aliphatic carbocycles. The molecule has 0 aromatic carbocycles. The minimum atomic E-state index is 0.604. The van der Waals surface area contributed by atoms with Crippen molar-refractivity contribution in [2.75, 3.05) is 5.75 Å². The Bertz CT molecular complexity index is 354. The number of nitrogens with two attached hydrogens (primary N) is 1. The van der Waals surface area contributed by atoms with E-state index in [0.29, 0.717) is 12.6 Å². The molecule has 1 aromatic heterocycles. The minimum absolute atomic E-state index is 0.604. The second-order valence-corrected chi connectivity index (χ2v) is 5.16. The molecule has 0 saturated heterocycles. The zero-order valence-corrected chi connectivity index (χ0v) is 9.02. The van der Waals surface area contributed by atoms with Crippen molar-refractivity contribution in [3.63, 3.8) is 0 Å². The van der Waals surface area contributed by atoms with Gasteiger partial charge in [-0.15, -0.1) is 0 Å². The largest absolute Gasteiger partial charge is 0.325 e. The molecule has 0 bridgehead atoms. The summed E-state index contributed by atoms with van der Waals surface area (Å²) in [6, 6.07) is 0.697. The Hall–Kier alpha value is -0.480. The number of hydrogen-bond donors (Lipinski definition) is 1. The predicted octanol–water partition coefficient (Wildman–Crippen LogP) is 1.47. The van der Waals surface area contributed by atoms with Crippen molar-refractivity contribution in [2.24, 2.45) is 5.73 Å². The third kappa shape index (κ3) is 1.28. The van der Waals surface area contributed by atoms with Gasteiger partial charge in [0.2, 0.25) is 0 Å². The number of nitrogens with zero attached hydrogens (tertiary/aromatic N) is 2. The lowest BCUT2D eigenvalue weighted by molar-refractivity contribution is 0.609. The molecule has 0 radical (unpaired) electrons. The molecule has 1 fully saturated rings. The standard InChI is InChI=1S/C10H15N3S/c11-5-9-8-3-4-14-6-10(8)13(12-9)7-1-2-7/h7H,1-6,11H2. The highest BCUT2D eigenvalue weighted by molar-refractivity contribution is 7.98. The van der Waals surface area contributed by atoms with E-state index in [-0.39, 0.29) is 0 Å². The van der Waals surface area contributed by atoms with Gasteiger partial charge in [-0.1, -0.05) is 0 Å². The summed E-state index contributed by atoms with van der Waals surface area (Å²) in [5, 5.41) is 4.65. The van der Waals surface area contributed by atoms with E-state index in [0.717, 1.165) is 11.4 Å². The molecule has 0 spiro atoms. The fourth-order valence-electron chi connectivity index (χ4n) is 2.13. The summed E-state index contributed by atoms with van der Waals surface area (Å²) in [5.74, 6) is 2.37. The van der Waals surface area contributed by atoms with Gasteiger partial charge in [0.05, 0.1) is 17.4 Å². The summed E-state index contributed by atoms with van der Waals surface area (Å²) in [4.78, 5) is 0. The number of thioether (sulfide) groups is 1. The molecule has 14 heavy (non-hydrogen) atoms. The molecule has 2 N–H and O–H groups in total. The van der Waals surface area contributed by atoms with Crippen LogP contribution in [-0.2, 0) is 18.7 Å². The zero-order chi connectivity index (χ0) is 9.54. The Labute approximate surface area is 88.0 Å². The van der Waals surface area contributed by atoms with E-state index in [2.05, 4.69) is 9.78 Å². The molecule has 2 aliphatic rings. The van der Waals surface area contributed by atoms with Crippen molar-refractivity contribution < 1.29 is 0 Å². The number of aromatic nitrogens is 2. The van der Waals surface area contributed by atoms with Gasteiger partial charge in [0, 0.05) is 12.3 Å². The first kappa shape index (κ1) is 8.80. The number of fused-ring (bicyclic) bond motifs is 1. The van der Waals surface area contributed by atoms with E-state index in [1.54, 1.807) is 0 Å². The van der Waals surface area contributed by atoms with Gasteiger partial charge in [-0.2, -0.15) is 16.9 Å². The van der Waals surface area contributed by atoms with Crippen molar-refractivity contribution in [1.82, 2.24) is 9.78 Å². The monoisotopic (exact) mass is 209 g/mol. The van der Waals surface area contributed by atoms with Crippen LogP contribution in [0.15, 0.2) is 0 Å². The minimum Gasteiger partial charge on any atom is -0.325 e. The van der Waals surface area contributed by atoms with Gasteiger partial charge in [0.25, 0.3) is 0 Å². The lowest BCUT2D eigenvalue weighted by Gasteiger charge is -2.13. The lowest BCUT2D eigenvalue weighted by Crippen LogP contribution is -2.07. The normalized spacial score (nSPS) is 20.9. The maximum absolute atomic E-state index is 5.73. The summed E-state index contributed by atoms with van der Waals surface area (Å²) >= 11 is 2.02. The number of hydrogen-bond acceptors (Lipinski definition) is 3. The third-order valence-electron chi connectivity index (χ3n) is 3.02. The highest BCUT2D eigenvalue weighted by Gasteiger charge is 2.30. The van der Waals surface area contributed by atoms with Crippen LogP contribution in [0.5, 0.6) is 0 Å². The second-order valence-electron chi connectivity index (χ2n) is 4.05. The van der Waals surface area contributed by atoms with Crippen LogP contribution in [0.4, 0.5) is 0 Å². The van der Waals surface area contributed by atoms with Crippen LogP contribution in [0.25, 0.3) is 0 Å². The van der Waals surface area contributed by atoms with E-state index in [9.17, 15) is 0 Å². The van der Waals surface area contributed by atoms with E-state index in [1.165, 1.54) is 36.3 Å². The lowest BCUT2D eigenvalue weighted by atomic mass is 10.1. The molecular weight excluding hydrogens is 194 g/mol. The van der Waals surface area contributed by atoms with Crippen LogP contribution in [0.3, 0.4) is 0 Å². The summed E-state index contributed by atoms with van der Waals surface area (Å²) in [6.45, 7) is 0.604. The molecule has 0 atom stereocenters. The Kier molecular flexibility index (Phi) is 2.06. The first-order valence-corrected chi connectivity index (χ1v) is 6.42. The average Bonchev–Trinajstić information content (AvgIpc) is 3.00. The molecular formula is C10H15N3S. The van der Waals surface area contributed by atoms with Crippen LogP contribution < -0.4 is 5.73 Å². The van der Waals surface area contributed by atoms with Crippen molar-refractivity contribution in [1.29, 1.82) is 0 Å². The van der Waals surface area contributed by atoms with Crippen LogP contribution in [0.1, 0.15) is 35.8 Å². The van der Waals surface area contributed by atoms with Gasteiger partial charge in [0.15, 0.2) is 0 Å². The first-order valence-electron chi connectivity index (χ1n) is 5.27. The molecule has 3 nitrogen and oxygen atoms in total. The molecule has 4 heteroatoms. The Morgan fingerprint density at radius 2 is 2.36 bits per heavy atom. The van der Waals surface area contributed by atoms with Crippen LogP contribution in [0, 0.1) is 0 Å². The van der Waals surface area contributed by atoms with Crippen LogP contribution >= 0.6 is 11.8 Å². The van der Waals surface area contributed by atoms with E-state index >= 15 is 0 Å². The third-order valence-corrected chi connectivity index (χ3v) is 3.99. The van der Waals surface area contributed by atoms with Crippen LogP contribution in [0.2, 0.25) is 0 Å². The summed E-state index contributed by atoms with van der Waals surface area (Å²) in [7, 11) is 0. The molecule has 1 aliphatic heterocycles. The maximum atomic E-state index is 5.73. The van der Waals surface area contributed by atoms with Crippen molar-refractivity contribution in [3.05, 3.63) is 17.0 Å². The van der Waals surface area contributed by atoms with Gasteiger partial charge in [-0.25, -0.2) is 0 Å². The highest BCUT2D eigenvalue weighted by Crippen LogP contribution is 2.39. The van der Waals surface area contributed by atoms with Crippen molar-refractivity contribution >= 4 is 11.8 Å². The van der Waals surface area contributed by atoms with Crippen molar-refractivity contribution in [3.8, 4) is 0 Å². The fourth-order valence-corrected chi connectivity index (χ4v) is 3.12. The van der Waals surface area contributed by atoms with Gasteiger partial charge in [-0.05, 0) is 30.6 Å². The predicted molar refractivity (Wildman–Crippen MR) is 58.3 cm³/mol. The summed E-state index contributed by atoms with van der Waals surface area (Å²) in [5.41, 5.74) is 9.79. The SMILES string of the molecule is NCc1nn(C2CC2)c2c1CCSC2. The molecule has 1 saturated carbocycles. The summed E-state index contributed by atoms with van der Waals surface area (Å²) in [6.07, 6.45) is 3.78. The van der Waals surface area contributed by atoms with Gasteiger partial charge in [-0.3, -0.25) is 4.68 Å². The highest BCUT2D eigenvalue weighted by atomic mass is 32.2. The van der Waals surface area contributed by atoms with E-state index < -0.39 is 0 Å². The molecule has 2 heterocycles. The maximum Gasteiger partial charge on any atom is 0.0795 e. The quantitative estimate of drug-likeness (QED) is 0.802. The molecule has 0 unspecified atom stereocenters. The Morgan fingerprint density at radius 1 is 1.50 bits per heavy atom.